The summed E-state index contributed by atoms with van der Waals surface area (Å²) in [7, 11) is 3.89. The molecule has 1 aliphatic rings. The number of nitrogens with one attached hydrogen (secondary N) is 1. The van der Waals surface area contributed by atoms with E-state index >= 15 is 0 Å². The van der Waals surface area contributed by atoms with Gasteiger partial charge in [0.05, 0.1) is 35.7 Å². The molecule has 0 radical (unpaired) electrons. The van der Waals surface area contributed by atoms with Gasteiger partial charge in [0.25, 0.3) is 0 Å². The summed E-state index contributed by atoms with van der Waals surface area (Å²) in [5.41, 5.74) is 5.02. The molecule has 3 aromatic heterocycles. The zero-order chi connectivity index (χ0) is 25.5. The number of rotatable bonds is 6. The fourth-order valence-corrected chi connectivity index (χ4v) is 4.91. The molecule has 2 aromatic carbocycles. The van der Waals surface area contributed by atoms with Crippen molar-refractivity contribution >= 4 is 39.5 Å². The van der Waals surface area contributed by atoms with E-state index in [1.807, 2.05) is 66.9 Å². The summed E-state index contributed by atoms with van der Waals surface area (Å²) in [4.78, 5) is 24.4. The number of benzene rings is 2. The van der Waals surface area contributed by atoms with E-state index in [4.69, 9.17) is 9.72 Å². The Balaban J connectivity index is 1.24. The first-order chi connectivity index (χ1) is 18.0. The second-order valence-corrected chi connectivity index (χ2v) is 9.52. The van der Waals surface area contributed by atoms with Crippen LogP contribution in [-0.4, -0.2) is 53.8 Å². The van der Waals surface area contributed by atoms with E-state index < -0.39 is 0 Å². The van der Waals surface area contributed by atoms with Crippen molar-refractivity contribution in [3.63, 3.8) is 0 Å². The number of hydrogen-bond acceptors (Lipinski definition) is 9. The van der Waals surface area contributed by atoms with Gasteiger partial charge < -0.3 is 24.6 Å². The van der Waals surface area contributed by atoms with Crippen molar-refractivity contribution in [1.29, 1.82) is 0 Å². The molecule has 0 aliphatic heterocycles. The monoisotopic (exact) mass is 496 g/mol. The molecule has 0 spiro atoms. The number of aromatic nitrogens is 6. The predicted octanol–water partition coefficient (Wildman–Crippen LogP) is 4.50. The van der Waals surface area contributed by atoms with Crippen LogP contribution >= 0.6 is 0 Å². The third kappa shape index (κ3) is 4.40. The van der Waals surface area contributed by atoms with Gasteiger partial charge in [-0.15, -0.1) is 0 Å². The second-order valence-electron chi connectivity index (χ2n) is 9.52. The van der Waals surface area contributed by atoms with E-state index in [0.717, 1.165) is 53.0 Å². The summed E-state index contributed by atoms with van der Waals surface area (Å²) in [6, 6.07) is 11.8. The van der Waals surface area contributed by atoms with Crippen LogP contribution in [0.1, 0.15) is 24.8 Å². The molecule has 1 saturated carbocycles. The summed E-state index contributed by atoms with van der Waals surface area (Å²) >= 11 is 0. The highest BCUT2D eigenvalue weighted by Crippen LogP contribution is 2.31. The third-order valence-corrected chi connectivity index (χ3v) is 6.98. The lowest BCUT2D eigenvalue weighted by molar-refractivity contribution is 0.162. The molecule has 6 rings (SSSR count). The van der Waals surface area contributed by atoms with Crippen LogP contribution in [0.2, 0.25) is 0 Å². The molecule has 188 valence electrons. The lowest BCUT2D eigenvalue weighted by atomic mass is 10.2. The first kappa shape index (κ1) is 23.1. The number of nitrogens with zero attached hydrogens (tertiary/aromatic N) is 7. The molecule has 0 amide bonds. The highest BCUT2D eigenvalue weighted by Gasteiger charge is 2.30. The number of aliphatic hydroxyl groups is 1. The summed E-state index contributed by atoms with van der Waals surface area (Å²) in [6.45, 7) is 2.00. The van der Waals surface area contributed by atoms with Crippen LogP contribution < -0.4 is 15.0 Å². The van der Waals surface area contributed by atoms with Crippen LogP contribution in [0, 0.1) is 6.92 Å². The topological polar surface area (TPSA) is 114 Å². The highest BCUT2D eigenvalue weighted by molar-refractivity contribution is 5.87. The van der Waals surface area contributed by atoms with Gasteiger partial charge in [0.1, 0.15) is 28.9 Å². The first-order valence-electron chi connectivity index (χ1n) is 12.3. The van der Waals surface area contributed by atoms with Crippen LogP contribution in [0.25, 0.3) is 22.1 Å². The van der Waals surface area contributed by atoms with Gasteiger partial charge in [-0.2, -0.15) is 0 Å². The quantitative estimate of drug-likeness (QED) is 0.351. The fraction of sp³-hybridized carbons (Fsp3) is 0.296. The lowest BCUT2D eigenvalue weighted by Crippen LogP contribution is -2.38. The maximum Gasteiger partial charge on any atom is 0.226 e. The van der Waals surface area contributed by atoms with Gasteiger partial charge in [-0.3, -0.25) is 0 Å². The van der Waals surface area contributed by atoms with E-state index in [0.29, 0.717) is 22.8 Å². The lowest BCUT2D eigenvalue weighted by Gasteiger charge is -2.27. The fourth-order valence-electron chi connectivity index (χ4n) is 4.91. The Labute approximate surface area is 214 Å². The number of aliphatic hydroxyl groups excluding tert-OH is 1. The number of likely N-dealkylation sites (N-methyl/N-ethyl adjacent to an activating group) is 1. The molecule has 1 aliphatic carbocycles. The van der Waals surface area contributed by atoms with Crippen LogP contribution in [-0.2, 0) is 7.05 Å². The minimum Gasteiger partial charge on any atom is -0.457 e. The van der Waals surface area contributed by atoms with Gasteiger partial charge in [-0.05, 0) is 62.1 Å². The van der Waals surface area contributed by atoms with E-state index in [9.17, 15) is 5.11 Å². The Bertz CT molecular complexity index is 1600. The van der Waals surface area contributed by atoms with Gasteiger partial charge in [-0.1, -0.05) is 0 Å². The minimum absolute atomic E-state index is 0.00654. The van der Waals surface area contributed by atoms with Gasteiger partial charge in [0.2, 0.25) is 5.95 Å². The van der Waals surface area contributed by atoms with Gasteiger partial charge >= 0.3 is 0 Å². The van der Waals surface area contributed by atoms with E-state index in [1.54, 1.807) is 12.5 Å². The number of imidazole rings is 1. The molecular formula is C27H28N8O2. The molecule has 0 saturated heterocycles. The molecular weight excluding hydrogens is 468 g/mol. The second kappa shape index (κ2) is 9.29. The molecule has 10 heteroatoms. The maximum atomic E-state index is 10.3. The van der Waals surface area contributed by atoms with E-state index in [-0.39, 0.29) is 12.1 Å². The van der Waals surface area contributed by atoms with Crippen molar-refractivity contribution < 1.29 is 9.84 Å². The van der Waals surface area contributed by atoms with Crippen LogP contribution in [0.3, 0.4) is 0 Å². The van der Waals surface area contributed by atoms with Gasteiger partial charge in [0, 0.05) is 25.8 Å². The van der Waals surface area contributed by atoms with E-state index in [1.165, 1.54) is 6.33 Å². The SMILES string of the molecule is Cc1cc(Nc2ncnc3cnc(N(C)[C@@H]4CCC[C@H]4O)nc23)ccc1Oc1ccc2c(c1)ncn2C. The van der Waals surface area contributed by atoms with Crippen molar-refractivity contribution in [2.24, 2.45) is 7.05 Å². The van der Waals surface area contributed by atoms with Crippen LogP contribution in [0.4, 0.5) is 17.5 Å². The molecule has 2 atom stereocenters. The van der Waals surface area contributed by atoms with Crippen molar-refractivity contribution in [1.82, 2.24) is 29.5 Å². The zero-order valence-corrected chi connectivity index (χ0v) is 21.0. The summed E-state index contributed by atoms with van der Waals surface area (Å²) in [6.07, 6.45) is 7.33. The Kier molecular flexibility index (Phi) is 5.80. The Morgan fingerprint density at radius 2 is 1.95 bits per heavy atom. The first-order valence-corrected chi connectivity index (χ1v) is 12.3. The molecule has 3 heterocycles. The maximum absolute atomic E-state index is 10.3. The number of aryl methyl sites for hydroxylation is 2. The summed E-state index contributed by atoms with van der Waals surface area (Å²) in [5, 5.41) is 13.7. The molecule has 0 bridgehead atoms. The smallest absolute Gasteiger partial charge is 0.226 e. The minimum atomic E-state index is -0.372. The molecule has 0 unspecified atom stereocenters. The summed E-state index contributed by atoms with van der Waals surface area (Å²) < 4.78 is 8.13. The number of fused-ring (bicyclic) bond motifs is 2. The van der Waals surface area contributed by atoms with Crippen molar-refractivity contribution in [2.75, 3.05) is 17.3 Å². The molecule has 5 aromatic rings. The number of hydrogen-bond donors (Lipinski definition) is 2. The standard InChI is InChI=1S/C27H28N8O2/c1-16-11-17(7-10-24(16)37-18-8-9-21-19(12-18)31-15-34(21)2)32-26-25-20(29-14-30-26)13-28-27(33-25)35(3)22-5-4-6-23(22)36/h7-15,22-23,36H,4-6H2,1-3H3,(H,29,30,32)/t22-,23-/m1/s1. The molecule has 1 fully saturated rings. The molecule has 10 nitrogen and oxygen atoms in total. The average Bonchev–Trinajstić information content (AvgIpc) is 3.50. The third-order valence-electron chi connectivity index (χ3n) is 6.98. The number of anilines is 3. The summed E-state index contributed by atoms with van der Waals surface area (Å²) in [5.74, 6) is 2.62. The van der Waals surface area contributed by atoms with Crippen molar-refractivity contribution in [3.8, 4) is 11.5 Å². The van der Waals surface area contributed by atoms with Crippen LogP contribution in [0.5, 0.6) is 11.5 Å². The van der Waals surface area contributed by atoms with Crippen molar-refractivity contribution in [2.45, 2.75) is 38.3 Å². The Morgan fingerprint density at radius 3 is 2.76 bits per heavy atom. The predicted molar refractivity (Wildman–Crippen MR) is 142 cm³/mol. The Hall–Kier alpha value is -4.31. The normalized spacial score (nSPS) is 17.4. The highest BCUT2D eigenvalue weighted by atomic mass is 16.5. The van der Waals surface area contributed by atoms with E-state index in [2.05, 4.69) is 25.3 Å². The average molecular weight is 497 g/mol. The van der Waals surface area contributed by atoms with Crippen LogP contribution in [0.15, 0.2) is 55.2 Å². The van der Waals surface area contributed by atoms with Gasteiger partial charge in [0.15, 0.2) is 5.82 Å². The largest absolute Gasteiger partial charge is 0.457 e. The Morgan fingerprint density at radius 1 is 1.05 bits per heavy atom. The zero-order valence-electron chi connectivity index (χ0n) is 21.0. The number of ether oxygens (including phenoxy) is 1. The molecule has 2 N–H and O–H groups in total. The molecule has 37 heavy (non-hydrogen) atoms. The van der Waals surface area contributed by atoms with Gasteiger partial charge in [-0.25, -0.2) is 24.9 Å². The van der Waals surface area contributed by atoms with Crippen molar-refractivity contribution in [3.05, 3.63) is 60.8 Å².